The first-order valence-electron chi connectivity index (χ1n) is 6.69. The molecule has 1 aromatic carbocycles. The molecule has 0 fully saturated rings. The molecule has 0 amide bonds. The Bertz CT molecular complexity index is 940. The summed E-state index contributed by atoms with van der Waals surface area (Å²) in [6, 6.07) is 7.08. The SMILES string of the molecule is N#Cc1cc2c(ccc3oc4c(c32)CCCC4)oc1=O. The van der Waals surface area contributed by atoms with Crippen molar-refractivity contribution in [1.82, 2.24) is 0 Å². The van der Waals surface area contributed by atoms with E-state index < -0.39 is 5.63 Å². The predicted octanol–water partition coefficient (Wildman–Crippen LogP) is 3.29. The van der Waals surface area contributed by atoms with Crippen molar-refractivity contribution in [2.24, 2.45) is 0 Å². The molecule has 1 aliphatic carbocycles. The number of aryl methyl sites for hydroxylation is 2. The molecule has 4 heteroatoms. The summed E-state index contributed by atoms with van der Waals surface area (Å²) >= 11 is 0. The molecule has 20 heavy (non-hydrogen) atoms. The van der Waals surface area contributed by atoms with E-state index in [0.717, 1.165) is 47.8 Å². The maximum absolute atomic E-state index is 11.6. The van der Waals surface area contributed by atoms with Gasteiger partial charge in [-0.05, 0) is 37.5 Å². The Labute approximate surface area is 114 Å². The normalized spacial score (nSPS) is 14.3. The number of benzene rings is 1. The molecule has 4 rings (SSSR count). The number of nitriles is 1. The van der Waals surface area contributed by atoms with Gasteiger partial charge in [-0.2, -0.15) is 5.26 Å². The number of hydrogen-bond donors (Lipinski definition) is 0. The Morgan fingerprint density at radius 2 is 1.90 bits per heavy atom. The van der Waals surface area contributed by atoms with Gasteiger partial charge in [-0.3, -0.25) is 0 Å². The van der Waals surface area contributed by atoms with E-state index in [1.165, 1.54) is 5.56 Å². The van der Waals surface area contributed by atoms with Crippen molar-refractivity contribution in [3.63, 3.8) is 0 Å². The molecule has 0 unspecified atom stereocenters. The molecule has 0 radical (unpaired) electrons. The van der Waals surface area contributed by atoms with E-state index in [-0.39, 0.29) is 5.56 Å². The average molecular weight is 265 g/mol. The Morgan fingerprint density at radius 3 is 2.75 bits per heavy atom. The smallest absolute Gasteiger partial charge is 0.354 e. The van der Waals surface area contributed by atoms with Crippen LogP contribution in [0.1, 0.15) is 29.7 Å². The maximum Gasteiger partial charge on any atom is 0.354 e. The third kappa shape index (κ3) is 1.44. The molecule has 0 bridgehead atoms. The van der Waals surface area contributed by atoms with Gasteiger partial charge in [-0.1, -0.05) is 0 Å². The third-order valence-corrected chi connectivity index (χ3v) is 3.95. The molecule has 3 aromatic rings. The van der Waals surface area contributed by atoms with Crippen molar-refractivity contribution < 1.29 is 8.83 Å². The zero-order valence-electron chi connectivity index (χ0n) is 10.7. The second-order valence-electron chi connectivity index (χ2n) is 5.12. The largest absolute Gasteiger partial charge is 0.461 e. The Morgan fingerprint density at radius 1 is 1.10 bits per heavy atom. The maximum atomic E-state index is 11.6. The Kier molecular flexibility index (Phi) is 2.25. The first-order valence-corrected chi connectivity index (χ1v) is 6.69. The van der Waals surface area contributed by atoms with Crippen LogP contribution in [-0.2, 0) is 12.8 Å². The summed E-state index contributed by atoms with van der Waals surface area (Å²) in [6.45, 7) is 0. The zero-order chi connectivity index (χ0) is 13.7. The van der Waals surface area contributed by atoms with Crippen molar-refractivity contribution in [3.05, 3.63) is 45.5 Å². The highest BCUT2D eigenvalue weighted by molar-refractivity contribution is 6.06. The van der Waals surface area contributed by atoms with Crippen LogP contribution >= 0.6 is 0 Å². The lowest BCUT2D eigenvalue weighted by Gasteiger charge is -2.09. The van der Waals surface area contributed by atoms with Crippen LogP contribution in [0.25, 0.3) is 21.9 Å². The van der Waals surface area contributed by atoms with E-state index in [2.05, 4.69) is 0 Å². The predicted molar refractivity (Wildman–Crippen MR) is 73.6 cm³/mol. The van der Waals surface area contributed by atoms with Gasteiger partial charge in [0.25, 0.3) is 0 Å². The molecule has 2 aromatic heterocycles. The van der Waals surface area contributed by atoms with Crippen molar-refractivity contribution >= 4 is 21.9 Å². The zero-order valence-corrected chi connectivity index (χ0v) is 10.7. The summed E-state index contributed by atoms with van der Waals surface area (Å²) < 4.78 is 11.1. The third-order valence-electron chi connectivity index (χ3n) is 3.95. The van der Waals surface area contributed by atoms with Crippen LogP contribution in [0.5, 0.6) is 0 Å². The van der Waals surface area contributed by atoms with Crippen molar-refractivity contribution in [2.75, 3.05) is 0 Å². The molecule has 2 heterocycles. The fourth-order valence-electron chi connectivity index (χ4n) is 3.03. The van der Waals surface area contributed by atoms with Crippen molar-refractivity contribution in [2.45, 2.75) is 25.7 Å². The second-order valence-corrected chi connectivity index (χ2v) is 5.12. The van der Waals surface area contributed by atoms with E-state index in [0.29, 0.717) is 5.58 Å². The molecule has 1 aliphatic rings. The minimum Gasteiger partial charge on any atom is -0.461 e. The van der Waals surface area contributed by atoms with Gasteiger partial charge in [0.05, 0.1) is 0 Å². The lowest BCUT2D eigenvalue weighted by molar-refractivity contribution is 0.506. The van der Waals surface area contributed by atoms with Gasteiger partial charge in [0.1, 0.15) is 28.6 Å². The van der Waals surface area contributed by atoms with Crippen LogP contribution in [0.2, 0.25) is 0 Å². The summed E-state index contributed by atoms with van der Waals surface area (Å²) in [5.74, 6) is 1.03. The molecule has 0 atom stereocenters. The van der Waals surface area contributed by atoms with Crippen LogP contribution in [0.15, 0.2) is 31.8 Å². The molecule has 0 spiro atoms. The van der Waals surface area contributed by atoms with Gasteiger partial charge in [0.2, 0.25) is 0 Å². The summed E-state index contributed by atoms with van der Waals surface area (Å²) in [7, 11) is 0. The van der Waals surface area contributed by atoms with E-state index in [9.17, 15) is 4.79 Å². The van der Waals surface area contributed by atoms with Crippen molar-refractivity contribution in [3.8, 4) is 6.07 Å². The monoisotopic (exact) mass is 265 g/mol. The van der Waals surface area contributed by atoms with Crippen LogP contribution in [-0.4, -0.2) is 0 Å². The fourth-order valence-corrected chi connectivity index (χ4v) is 3.03. The summed E-state index contributed by atoms with van der Waals surface area (Å²) in [5, 5.41) is 10.8. The summed E-state index contributed by atoms with van der Waals surface area (Å²) in [4.78, 5) is 11.6. The minimum atomic E-state index is -0.586. The molecular formula is C16H11NO3. The number of hydrogen-bond acceptors (Lipinski definition) is 4. The molecule has 0 saturated heterocycles. The van der Waals surface area contributed by atoms with Gasteiger partial charge in [-0.25, -0.2) is 4.79 Å². The van der Waals surface area contributed by atoms with Gasteiger partial charge in [0, 0.05) is 22.8 Å². The molecule has 0 aliphatic heterocycles. The number of fused-ring (bicyclic) bond motifs is 5. The molecular weight excluding hydrogens is 254 g/mol. The molecule has 0 N–H and O–H groups in total. The number of furan rings is 1. The Balaban J connectivity index is 2.20. The highest BCUT2D eigenvalue weighted by Crippen LogP contribution is 2.36. The minimum absolute atomic E-state index is 0.0377. The number of rotatable bonds is 0. The lowest BCUT2D eigenvalue weighted by Crippen LogP contribution is -2.03. The van der Waals surface area contributed by atoms with Gasteiger partial charge >= 0.3 is 5.63 Å². The summed E-state index contributed by atoms with van der Waals surface area (Å²) in [5.41, 5.74) is 1.97. The highest BCUT2D eigenvalue weighted by atomic mass is 16.4. The van der Waals surface area contributed by atoms with Crippen LogP contribution in [0.4, 0.5) is 0 Å². The second kappa shape index (κ2) is 3.97. The number of nitrogens with zero attached hydrogens (tertiary/aromatic N) is 1. The topological polar surface area (TPSA) is 67.1 Å². The van der Waals surface area contributed by atoms with Crippen LogP contribution in [0.3, 0.4) is 0 Å². The average Bonchev–Trinajstić information content (AvgIpc) is 2.85. The summed E-state index contributed by atoms with van der Waals surface area (Å²) in [6.07, 6.45) is 4.21. The van der Waals surface area contributed by atoms with E-state index in [1.54, 1.807) is 12.1 Å². The Hall–Kier alpha value is -2.54. The lowest BCUT2D eigenvalue weighted by atomic mass is 9.94. The van der Waals surface area contributed by atoms with E-state index in [4.69, 9.17) is 14.1 Å². The molecule has 4 nitrogen and oxygen atoms in total. The highest BCUT2D eigenvalue weighted by Gasteiger charge is 2.20. The standard InChI is InChI=1S/C16H11NO3/c17-8-9-7-11-13(20-16(9)18)5-6-14-15(11)10-3-1-2-4-12(10)19-14/h5-7H,1-4H2. The molecule has 0 saturated carbocycles. The van der Waals surface area contributed by atoms with Gasteiger partial charge in [-0.15, -0.1) is 0 Å². The first-order chi connectivity index (χ1) is 9.78. The van der Waals surface area contributed by atoms with Gasteiger partial charge in [0.15, 0.2) is 0 Å². The van der Waals surface area contributed by atoms with Crippen LogP contribution < -0.4 is 5.63 Å². The van der Waals surface area contributed by atoms with Crippen molar-refractivity contribution in [1.29, 1.82) is 5.26 Å². The quantitative estimate of drug-likeness (QED) is 0.585. The van der Waals surface area contributed by atoms with E-state index in [1.807, 2.05) is 12.1 Å². The van der Waals surface area contributed by atoms with Crippen LogP contribution in [0, 0.1) is 11.3 Å². The van der Waals surface area contributed by atoms with E-state index >= 15 is 0 Å². The molecule has 98 valence electrons. The first kappa shape index (κ1) is 11.3. The fraction of sp³-hybridized carbons (Fsp3) is 0.250. The van der Waals surface area contributed by atoms with Gasteiger partial charge < -0.3 is 8.83 Å².